The highest BCUT2D eigenvalue weighted by Gasteiger charge is 2.39. The molecule has 0 spiro atoms. The summed E-state index contributed by atoms with van der Waals surface area (Å²) in [4.78, 5) is 0. The van der Waals surface area contributed by atoms with E-state index in [1.807, 2.05) is 0 Å². The van der Waals surface area contributed by atoms with Gasteiger partial charge in [-0.25, -0.2) is 0 Å². The second-order valence-corrected chi connectivity index (χ2v) is 7.00. The van der Waals surface area contributed by atoms with Gasteiger partial charge >= 0.3 is 0 Å². The summed E-state index contributed by atoms with van der Waals surface area (Å²) in [5, 5.41) is -2.18. The monoisotopic (exact) mass is 259 g/mol. The van der Waals surface area contributed by atoms with Crippen LogP contribution in [0.2, 0.25) is 0 Å². The molecule has 3 atom stereocenters. The maximum Gasteiger partial charge on any atom is 0.269 e. The Balaban J connectivity index is 2.81. The molecule has 1 aliphatic carbocycles. The highest BCUT2D eigenvalue weighted by atomic mass is 32.2. The highest BCUT2D eigenvalue weighted by Crippen LogP contribution is 2.26. The van der Waals surface area contributed by atoms with Gasteiger partial charge in [0.2, 0.25) is 0 Å². The van der Waals surface area contributed by atoms with Crippen molar-refractivity contribution in [3.05, 3.63) is 0 Å². The minimum Gasteiger partial charge on any atom is -0.326 e. The zero-order valence-electron chi connectivity index (χ0n) is 7.77. The van der Waals surface area contributed by atoms with Crippen molar-refractivity contribution in [2.24, 2.45) is 5.73 Å². The third-order valence-electron chi connectivity index (χ3n) is 2.59. The smallest absolute Gasteiger partial charge is 0.269 e. The molecule has 1 rings (SSSR count). The van der Waals surface area contributed by atoms with E-state index >= 15 is 0 Å². The highest BCUT2D eigenvalue weighted by molar-refractivity contribution is 7.87. The van der Waals surface area contributed by atoms with E-state index in [1.54, 1.807) is 0 Å². The zero-order valence-corrected chi connectivity index (χ0v) is 9.41. The molecule has 0 saturated heterocycles. The first kappa shape index (κ1) is 12.8. The fourth-order valence-corrected chi connectivity index (χ4v) is 3.66. The van der Waals surface area contributed by atoms with Gasteiger partial charge in [0.1, 0.15) is 5.25 Å². The second-order valence-electron chi connectivity index (χ2n) is 3.67. The van der Waals surface area contributed by atoms with Crippen LogP contribution >= 0.6 is 0 Å². The molecule has 4 N–H and O–H groups in total. The summed E-state index contributed by atoms with van der Waals surface area (Å²) < 4.78 is 60.7. The van der Waals surface area contributed by atoms with E-state index in [-0.39, 0.29) is 19.3 Å². The van der Waals surface area contributed by atoms with Crippen molar-refractivity contribution >= 4 is 20.2 Å². The van der Waals surface area contributed by atoms with E-state index in [9.17, 15) is 16.8 Å². The molecule has 3 unspecified atom stereocenters. The van der Waals surface area contributed by atoms with E-state index in [1.165, 1.54) is 0 Å². The lowest BCUT2D eigenvalue weighted by Gasteiger charge is -2.30. The van der Waals surface area contributed by atoms with Gasteiger partial charge in [-0.05, 0) is 19.3 Å². The first-order valence-corrected chi connectivity index (χ1v) is 7.31. The number of rotatable bonds is 2. The Bertz CT molecular complexity index is 427. The lowest BCUT2D eigenvalue weighted by molar-refractivity contribution is 0.375. The number of nitrogens with two attached hydrogens (primary N) is 1. The van der Waals surface area contributed by atoms with E-state index in [0.717, 1.165) is 0 Å². The van der Waals surface area contributed by atoms with E-state index < -0.39 is 36.8 Å². The Morgan fingerprint density at radius 3 is 1.87 bits per heavy atom. The van der Waals surface area contributed by atoms with Gasteiger partial charge in [0.15, 0.2) is 0 Å². The van der Waals surface area contributed by atoms with Crippen molar-refractivity contribution in [1.82, 2.24) is 0 Å². The standard InChI is InChI=1S/C6H13NO6S2/c7-5-3-4(14(8,9)10)1-2-6(5)15(11,12)13/h4-6H,1-3,7H2,(H,8,9,10)(H,11,12,13). The lowest BCUT2D eigenvalue weighted by atomic mass is 9.95. The quantitative estimate of drug-likeness (QED) is 0.542. The molecule has 0 aliphatic heterocycles. The molecule has 0 aromatic rings. The zero-order chi connectivity index (χ0) is 11.9. The minimum atomic E-state index is -4.25. The Labute approximate surface area is 88.2 Å². The van der Waals surface area contributed by atoms with Crippen LogP contribution in [0.5, 0.6) is 0 Å². The predicted octanol–water partition coefficient (Wildman–Crippen LogP) is -0.990. The molecule has 0 aromatic heterocycles. The minimum absolute atomic E-state index is 0.0169. The molecule has 0 aromatic carbocycles. The van der Waals surface area contributed by atoms with Crippen LogP contribution in [-0.4, -0.2) is 42.5 Å². The van der Waals surface area contributed by atoms with Crippen LogP contribution in [0.4, 0.5) is 0 Å². The molecule has 0 amide bonds. The Kier molecular flexibility index (Phi) is 3.41. The Morgan fingerprint density at radius 1 is 1.00 bits per heavy atom. The molecule has 0 heterocycles. The average Bonchev–Trinajstić information content (AvgIpc) is 1.99. The largest absolute Gasteiger partial charge is 0.326 e. The van der Waals surface area contributed by atoms with Crippen molar-refractivity contribution in [1.29, 1.82) is 0 Å². The van der Waals surface area contributed by atoms with Crippen molar-refractivity contribution in [2.45, 2.75) is 35.8 Å². The van der Waals surface area contributed by atoms with Gasteiger partial charge < -0.3 is 5.73 Å². The summed E-state index contributed by atoms with van der Waals surface area (Å²) >= 11 is 0. The van der Waals surface area contributed by atoms with Crippen molar-refractivity contribution in [3.63, 3.8) is 0 Å². The SMILES string of the molecule is NC1CC(S(=O)(=O)O)CCC1S(=O)(=O)O. The fourth-order valence-electron chi connectivity index (χ4n) is 1.78. The van der Waals surface area contributed by atoms with E-state index in [2.05, 4.69) is 0 Å². The second kappa shape index (κ2) is 3.98. The molecule has 1 saturated carbocycles. The summed E-state index contributed by atoms with van der Waals surface area (Å²) in [5.41, 5.74) is 5.44. The van der Waals surface area contributed by atoms with Crippen LogP contribution in [-0.2, 0) is 20.2 Å². The van der Waals surface area contributed by atoms with Gasteiger partial charge in [0.05, 0.1) is 5.25 Å². The molecular weight excluding hydrogens is 246 g/mol. The van der Waals surface area contributed by atoms with Gasteiger partial charge in [-0.15, -0.1) is 0 Å². The number of hydrogen-bond donors (Lipinski definition) is 3. The van der Waals surface area contributed by atoms with E-state index in [0.29, 0.717) is 0 Å². The fraction of sp³-hybridized carbons (Fsp3) is 1.00. The maximum atomic E-state index is 10.8. The molecule has 1 fully saturated rings. The van der Waals surface area contributed by atoms with Gasteiger partial charge in [-0.2, -0.15) is 16.8 Å². The molecular formula is C6H13NO6S2. The maximum absolute atomic E-state index is 10.8. The summed E-state index contributed by atoms with van der Waals surface area (Å²) in [6, 6.07) is -0.972. The van der Waals surface area contributed by atoms with Gasteiger partial charge in [-0.1, -0.05) is 0 Å². The lowest BCUT2D eigenvalue weighted by Crippen LogP contribution is -2.48. The summed E-state index contributed by atoms with van der Waals surface area (Å²) in [6.45, 7) is 0. The molecule has 9 heteroatoms. The topological polar surface area (TPSA) is 135 Å². The predicted molar refractivity (Wildman–Crippen MR) is 52.5 cm³/mol. The third kappa shape index (κ3) is 3.11. The van der Waals surface area contributed by atoms with Crippen LogP contribution in [0.3, 0.4) is 0 Å². The molecule has 0 bridgehead atoms. The van der Waals surface area contributed by atoms with Crippen LogP contribution in [0.25, 0.3) is 0 Å². The summed E-state index contributed by atoms with van der Waals surface area (Å²) in [7, 11) is -8.43. The van der Waals surface area contributed by atoms with Crippen LogP contribution in [0.1, 0.15) is 19.3 Å². The normalized spacial score (nSPS) is 33.9. The molecule has 7 nitrogen and oxygen atoms in total. The molecule has 90 valence electrons. The van der Waals surface area contributed by atoms with Crippen LogP contribution in [0.15, 0.2) is 0 Å². The summed E-state index contributed by atoms with van der Waals surface area (Å²) in [5.74, 6) is 0. The van der Waals surface area contributed by atoms with Gasteiger partial charge in [0.25, 0.3) is 20.2 Å². The first-order chi connectivity index (χ1) is 6.62. The van der Waals surface area contributed by atoms with Crippen molar-refractivity contribution in [3.8, 4) is 0 Å². The van der Waals surface area contributed by atoms with Crippen LogP contribution < -0.4 is 5.73 Å². The molecule has 15 heavy (non-hydrogen) atoms. The third-order valence-corrected chi connectivity index (χ3v) is 5.21. The van der Waals surface area contributed by atoms with Gasteiger partial charge in [-0.3, -0.25) is 9.11 Å². The van der Waals surface area contributed by atoms with E-state index in [4.69, 9.17) is 14.8 Å². The van der Waals surface area contributed by atoms with Gasteiger partial charge in [0, 0.05) is 6.04 Å². The Hall–Kier alpha value is -0.220. The summed E-state index contributed by atoms with van der Waals surface area (Å²) in [6.07, 6.45) is -0.245. The van der Waals surface area contributed by atoms with Crippen LogP contribution in [0, 0.1) is 0 Å². The molecule has 0 radical (unpaired) electrons. The van der Waals surface area contributed by atoms with Crippen molar-refractivity contribution in [2.75, 3.05) is 0 Å². The molecule has 1 aliphatic rings. The Morgan fingerprint density at radius 2 is 1.53 bits per heavy atom. The first-order valence-electron chi connectivity index (χ1n) is 4.30. The number of hydrogen-bond acceptors (Lipinski definition) is 5. The average molecular weight is 259 g/mol. The van der Waals surface area contributed by atoms with Crippen molar-refractivity contribution < 1.29 is 25.9 Å².